The highest BCUT2D eigenvalue weighted by Gasteiger charge is 2.36. The molecule has 5 rings (SSSR count). The van der Waals surface area contributed by atoms with E-state index in [9.17, 15) is 13.6 Å². The van der Waals surface area contributed by atoms with Crippen LogP contribution in [0, 0.1) is 18.6 Å². The first-order valence-corrected chi connectivity index (χ1v) is 14.0. The molecule has 0 radical (unpaired) electrons. The van der Waals surface area contributed by atoms with Crippen molar-refractivity contribution in [3.8, 4) is 11.6 Å². The van der Waals surface area contributed by atoms with Crippen molar-refractivity contribution >= 4 is 11.8 Å². The number of hydrogen-bond acceptors (Lipinski definition) is 7. The molecule has 12 heteroatoms. The Bertz CT molecular complexity index is 1390. The maximum atomic E-state index is 14.1. The van der Waals surface area contributed by atoms with E-state index in [1.807, 2.05) is 51.1 Å². The number of carbonyl (C=O) groups excluding carboxylic acids is 1. The summed E-state index contributed by atoms with van der Waals surface area (Å²) in [5.41, 5.74) is 1.98. The van der Waals surface area contributed by atoms with Gasteiger partial charge in [-0.1, -0.05) is 24.3 Å². The van der Waals surface area contributed by atoms with E-state index >= 15 is 0 Å². The molecule has 3 atom stereocenters. The molecule has 10 nitrogen and oxygen atoms in total. The molecular formula is C30H37F2N5O5. The highest BCUT2D eigenvalue weighted by atomic mass is 19.2. The Morgan fingerprint density at radius 2 is 1.93 bits per heavy atom. The third-order valence-corrected chi connectivity index (χ3v) is 7.48. The van der Waals surface area contributed by atoms with Gasteiger partial charge in [-0.2, -0.15) is 0 Å². The molecule has 0 spiro atoms. The van der Waals surface area contributed by atoms with Crippen LogP contribution in [0.5, 0.6) is 5.88 Å². The monoisotopic (exact) mass is 585 g/mol. The van der Waals surface area contributed by atoms with Gasteiger partial charge in [0.05, 0.1) is 30.5 Å². The number of hydrogen-bond donors (Lipinski definition) is 2. The van der Waals surface area contributed by atoms with Crippen LogP contribution in [0.15, 0.2) is 48.5 Å². The minimum atomic E-state index is -0.918. The normalized spacial score (nSPS) is 21.9. The van der Waals surface area contributed by atoms with Crippen molar-refractivity contribution < 1.29 is 32.5 Å². The van der Waals surface area contributed by atoms with Crippen molar-refractivity contribution in [3.05, 3.63) is 71.3 Å². The quantitative estimate of drug-likeness (QED) is 0.368. The average molecular weight is 586 g/mol. The summed E-state index contributed by atoms with van der Waals surface area (Å²) in [5, 5.41) is 10.6. The molecule has 2 aliphatic rings. The van der Waals surface area contributed by atoms with E-state index in [0.717, 1.165) is 11.8 Å². The SMILES string of the molecule is COCCN1CC(NC(=O)Nc2c(C)c(OCC3COC(C)(C)O3)nn2-c2ccccc2)C(c2ccc(F)c(F)c2)C1. The number of amides is 2. The van der Waals surface area contributed by atoms with Gasteiger partial charge in [0.1, 0.15) is 18.5 Å². The van der Waals surface area contributed by atoms with E-state index in [0.29, 0.717) is 55.7 Å². The summed E-state index contributed by atoms with van der Waals surface area (Å²) in [4.78, 5) is 15.6. The molecule has 0 bridgehead atoms. The van der Waals surface area contributed by atoms with Crippen molar-refractivity contribution in [3.63, 3.8) is 0 Å². The van der Waals surface area contributed by atoms with Crippen LogP contribution in [0.3, 0.4) is 0 Å². The molecule has 2 saturated heterocycles. The maximum absolute atomic E-state index is 14.1. The number of nitrogens with zero attached hydrogens (tertiary/aromatic N) is 3. The van der Waals surface area contributed by atoms with E-state index in [1.54, 1.807) is 17.9 Å². The lowest BCUT2D eigenvalue weighted by atomic mass is 9.94. The highest BCUT2D eigenvalue weighted by Crippen LogP contribution is 2.31. The lowest BCUT2D eigenvalue weighted by molar-refractivity contribution is -0.141. The van der Waals surface area contributed by atoms with Gasteiger partial charge in [0, 0.05) is 32.7 Å². The van der Waals surface area contributed by atoms with Crippen molar-refractivity contribution in [2.45, 2.75) is 44.6 Å². The summed E-state index contributed by atoms with van der Waals surface area (Å²) in [6, 6.07) is 12.5. The molecule has 2 aromatic carbocycles. The fraction of sp³-hybridized carbons (Fsp3) is 0.467. The molecule has 3 aromatic rings. The summed E-state index contributed by atoms with van der Waals surface area (Å²) < 4.78 is 52.1. The van der Waals surface area contributed by atoms with Crippen LogP contribution in [0.2, 0.25) is 0 Å². The van der Waals surface area contributed by atoms with E-state index in [4.69, 9.17) is 18.9 Å². The zero-order chi connectivity index (χ0) is 29.9. The standard InChI is InChI=1S/C30H37F2N5O5/c1-19-27(37(21-8-6-5-7-9-21)35-28(19)40-17-22-18-41-30(2,3)42-22)34-29(38)33-26-16-36(12-13-39-4)15-23(26)20-10-11-24(31)25(32)14-20/h5-11,14,22-23,26H,12-13,15-18H2,1-4H3,(H2,33,34,38). The van der Waals surface area contributed by atoms with Crippen molar-refractivity contribution in [2.75, 3.05) is 51.9 Å². The lowest BCUT2D eigenvalue weighted by Gasteiger charge is -2.21. The Balaban J connectivity index is 1.34. The van der Waals surface area contributed by atoms with Gasteiger partial charge in [0.15, 0.2) is 17.4 Å². The van der Waals surface area contributed by atoms with Crippen LogP contribution in [0.4, 0.5) is 19.4 Å². The first-order chi connectivity index (χ1) is 20.1. The number of para-hydroxylation sites is 1. The molecule has 0 aliphatic carbocycles. The largest absolute Gasteiger partial charge is 0.473 e. The molecule has 2 aliphatic heterocycles. The fourth-order valence-corrected chi connectivity index (χ4v) is 5.36. The van der Waals surface area contributed by atoms with Gasteiger partial charge < -0.3 is 24.3 Å². The number of ether oxygens (including phenoxy) is 4. The second-order valence-electron chi connectivity index (χ2n) is 11.0. The number of methoxy groups -OCH3 is 1. The van der Waals surface area contributed by atoms with Gasteiger partial charge in [-0.3, -0.25) is 10.2 Å². The smallest absolute Gasteiger partial charge is 0.320 e. The van der Waals surface area contributed by atoms with Crippen molar-refractivity contribution in [2.24, 2.45) is 0 Å². The molecule has 3 unspecified atom stereocenters. The first-order valence-electron chi connectivity index (χ1n) is 14.0. The van der Waals surface area contributed by atoms with Crippen LogP contribution in [-0.2, 0) is 14.2 Å². The Hall–Kier alpha value is -3.58. The summed E-state index contributed by atoms with van der Waals surface area (Å²) in [5.74, 6) is -1.95. The number of nitrogens with one attached hydrogen (secondary N) is 2. The summed E-state index contributed by atoms with van der Waals surface area (Å²) in [7, 11) is 1.62. The fourth-order valence-electron chi connectivity index (χ4n) is 5.36. The summed E-state index contributed by atoms with van der Waals surface area (Å²) >= 11 is 0. The third kappa shape index (κ3) is 6.89. The predicted octanol–water partition coefficient (Wildman–Crippen LogP) is 4.23. The van der Waals surface area contributed by atoms with Crippen LogP contribution >= 0.6 is 0 Å². The van der Waals surface area contributed by atoms with Crippen LogP contribution in [0.25, 0.3) is 5.69 Å². The number of anilines is 1. The Kier molecular flexibility index (Phi) is 9.07. The van der Waals surface area contributed by atoms with Crippen LogP contribution < -0.4 is 15.4 Å². The van der Waals surface area contributed by atoms with Gasteiger partial charge in [-0.15, -0.1) is 5.10 Å². The Morgan fingerprint density at radius 3 is 2.62 bits per heavy atom. The number of likely N-dealkylation sites (tertiary alicyclic amines) is 1. The summed E-state index contributed by atoms with van der Waals surface area (Å²) in [6.07, 6.45) is -0.252. The molecular weight excluding hydrogens is 548 g/mol. The lowest BCUT2D eigenvalue weighted by Crippen LogP contribution is -2.42. The summed E-state index contributed by atoms with van der Waals surface area (Å²) in [6.45, 7) is 8.38. The topological polar surface area (TPSA) is 99.1 Å². The third-order valence-electron chi connectivity index (χ3n) is 7.48. The zero-order valence-corrected chi connectivity index (χ0v) is 24.2. The minimum Gasteiger partial charge on any atom is -0.473 e. The average Bonchev–Trinajstić information content (AvgIpc) is 3.63. The molecule has 2 amide bonds. The second kappa shape index (κ2) is 12.7. The van der Waals surface area contributed by atoms with Gasteiger partial charge in [-0.05, 0) is 50.6 Å². The van der Waals surface area contributed by atoms with E-state index in [1.165, 1.54) is 6.07 Å². The number of aromatic nitrogens is 2. The van der Waals surface area contributed by atoms with Crippen LogP contribution in [-0.4, -0.2) is 85.2 Å². The van der Waals surface area contributed by atoms with Crippen LogP contribution in [0.1, 0.15) is 30.9 Å². The maximum Gasteiger partial charge on any atom is 0.320 e. The van der Waals surface area contributed by atoms with E-state index < -0.39 is 23.5 Å². The first kappa shape index (κ1) is 29.9. The van der Waals surface area contributed by atoms with Gasteiger partial charge in [-0.25, -0.2) is 18.3 Å². The van der Waals surface area contributed by atoms with Gasteiger partial charge in [0.2, 0.25) is 5.88 Å². The number of carbonyl (C=O) groups is 1. The number of urea groups is 1. The van der Waals surface area contributed by atoms with E-state index in [-0.39, 0.29) is 24.7 Å². The predicted molar refractivity (Wildman–Crippen MR) is 152 cm³/mol. The molecule has 0 saturated carbocycles. The number of rotatable bonds is 10. The molecule has 1 aromatic heterocycles. The van der Waals surface area contributed by atoms with Crippen molar-refractivity contribution in [1.29, 1.82) is 0 Å². The zero-order valence-electron chi connectivity index (χ0n) is 24.2. The Labute approximate surface area is 243 Å². The van der Waals surface area contributed by atoms with E-state index in [2.05, 4.69) is 20.6 Å². The number of halogens is 2. The molecule has 226 valence electrons. The molecule has 3 heterocycles. The highest BCUT2D eigenvalue weighted by molar-refractivity contribution is 5.90. The molecule has 2 fully saturated rings. The molecule has 42 heavy (non-hydrogen) atoms. The van der Waals surface area contributed by atoms with Gasteiger partial charge >= 0.3 is 6.03 Å². The molecule has 2 N–H and O–H groups in total. The minimum absolute atomic E-state index is 0.233. The Morgan fingerprint density at radius 1 is 1.14 bits per heavy atom. The van der Waals surface area contributed by atoms with Gasteiger partial charge in [0.25, 0.3) is 0 Å². The second-order valence-corrected chi connectivity index (χ2v) is 11.0. The number of benzene rings is 2. The van der Waals surface area contributed by atoms with Crippen molar-refractivity contribution in [1.82, 2.24) is 20.0 Å².